The lowest BCUT2D eigenvalue weighted by atomic mass is 9.88. The highest BCUT2D eigenvalue weighted by atomic mass is 19.1. The summed E-state index contributed by atoms with van der Waals surface area (Å²) in [6.07, 6.45) is 0. The van der Waals surface area contributed by atoms with Crippen molar-refractivity contribution in [2.45, 2.75) is 26.7 Å². The summed E-state index contributed by atoms with van der Waals surface area (Å²) in [5.74, 6) is -0.726. The molecule has 0 aliphatic carbocycles. The zero-order chi connectivity index (χ0) is 18.4. The molecule has 0 saturated carbocycles. The van der Waals surface area contributed by atoms with Crippen molar-refractivity contribution in [3.05, 3.63) is 65.5 Å². The maximum atomic E-state index is 13.7. The minimum atomic E-state index is -0.573. The average molecular weight is 342 g/mol. The van der Waals surface area contributed by atoms with Crippen LogP contribution >= 0.6 is 0 Å². The molecule has 0 aromatic heterocycles. The second-order valence-corrected chi connectivity index (χ2v) is 6.35. The van der Waals surface area contributed by atoms with Gasteiger partial charge in [0.25, 0.3) is 5.91 Å². The van der Waals surface area contributed by atoms with Crippen molar-refractivity contribution in [3.63, 3.8) is 0 Å². The first-order valence-corrected chi connectivity index (χ1v) is 8.28. The molecule has 0 bridgehead atoms. The van der Waals surface area contributed by atoms with Crippen molar-refractivity contribution >= 4 is 17.5 Å². The Morgan fingerprint density at radius 2 is 1.76 bits per heavy atom. The first-order chi connectivity index (χ1) is 11.9. The van der Waals surface area contributed by atoms with Gasteiger partial charge in [-0.2, -0.15) is 0 Å². The van der Waals surface area contributed by atoms with Gasteiger partial charge in [-0.1, -0.05) is 44.2 Å². The fraction of sp³-hybridized carbons (Fsp3) is 0.300. The fourth-order valence-electron chi connectivity index (χ4n) is 2.70. The quantitative estimate of drug-likeness (QED) is 0.835. The summed E-state index contributed by atoms with van der Waals surface area (Å²) >= 11 is 0. The minimum Gasteiger partial charge on any atom is -0.351 e. The number of anilines is 1. The number of nitrogens with one attached hydrogen (secondary N) is 2. The first-order valence-electron chi connectivity index (χ1n) is 8.28. The highest BCUT2D eigenvalue weighted by molar-refractivity contribution is 5.96. The van der Waals surface area contributed by atoms with E-state index < -0.39 is 5.82 Å². The third kappa shape index (κ3) is 5.14. The minimum absolute atomic E-state index is 0.00335. The zero-order valence-corrected chi connectivity index (χ0v) is 14.7. The third-order valence-corrected chi connectivity index (χ3v) is 4.05. The van der Waals surface area contributed by atoms with E-state index in [-0.39, 0.29) is 23.4 Å². The summed E-state index contributed by atoms with van der Waals surface area (Å²) in [6.45, 7) is 5.99. The molecule has 0 heterocycles. The number of halogens is 1. The standard InChI is InChI=1S/C20H23FN2O2/c1-13(2)17(15-7-5-4-6-8-15)12-22-20(25)16-9-10-18(21)19(11-16)23-14(3)24/h4-11,13,17H,12H2,1-3H3,(H,22,25)(H,23,24). The Morgan fingerprint density at radius 1 is 1.08 bits per heavy atom. The number of hydrogen-bond donors (Lipinski definition) is 2. The molecule has 0 aliphatic rings. The van der Waals surface area contributed by atoms with E-state index >= 15 is 0 Å². The maximum absolute atomic E-state index is 13.7. The van der Waals surface area contributed by atoms with E-state index in [9.17, 15) is 14.0 Å². The van der Waals surface area contributed by atoms with Crippen LogP contribution in [0.5, 0.6) is 0 Å². The number of benzene rings is 2. The predicted octanol–water partition coefficient (Wildman–Crippen LogP) is 3.95. The van der Waals surface area contributed by atoms with Gasteiger partial charge in [0.15, 0.2) is 0 Å². The van der Waals surface area contributed by atoms with Crippen LogP contribution in [0.3, 0.4) is 0 Å². The second kappa shape index (κ2) is 8.42. The molecule has 0 saturated heterocycles. The lowest BCUT2D eigenvalue weighted by Crippen LogP contribution is -2.30. The molecule has 0 aliphatic heterocycles. The number of carbonyl (C=O) groups excluding carboxylic acids is 2. The Kier molecular flexibility index (Phi) is 6.28. The van der Waals surface area contributed by atoms with Gasteiger partial charge in [-0.05, 0) is 29.7 Å². The smallest absolute Gasteiger partial charge is 0.251 e. The Morgan fingerprint density at radius 3 is 2.36 bits per heavy atom. The SMILES string of the molecule is CC(=O)Nc1cc(C(=O)NCC(c2ccccc2)C(C)C)ccc1F. The fourth-order valence-corrected chi connectivity index (χ4v) is 2.70. The Bertz CT molecular complexity index is 745. The van der Waals surface area contributed by atoms with Crippen molar-refractivity contribution in [1.29, 1.82) is 0 Å². The lowest BCUT2D eigenvalue weighted by Gasteiger charge is -2.22. The molecule has 2 N–H and O–H groups in total. The molecule has 1 unspecified atom stereocenters. The summed E-state index contributed by atoms with van der Waals surface area (Å²) in [4.78, 5) is 23.5. The largest absolute Gasteiger partial charge is 0.351 e. The molecule has 0 spiro atoms. The van der Waals surface area contributed by atoms with E-state index in [1.165, 1.54) is 25.1 Å². The van der Waals surface area contributed by atoms with Crippen LogP contribution in [0.4, 0.5) is 10.1 Å². The molecule has 0 radical (unpaired) electrons. The van der Waals surface area contributed by atoms with Gasteiger partial charge in [-0.3, -0.25) is 9.59 Å². The predicted molar refractivity (Wildman–Crippen MR) is 97.1 cm³/mol. The average Bonchev–Trinajstić information content (AvgIpc) is 2.57. The molecule has 132 valence electrons. The summed E-state index contributed by atoms with van der Waals surface area (Å²) < 4.78 is 13.7. The topological polar surface area (TPSA) is 58.2 Å². The van der Waals surface area contributed by atoms with Gasteiger partial charge < -0.3 is 10.6 Å². The first kappa shape index (κ1) is 18.6. The molecule has 1 atom stereocenters. The van der Waals surface area contributed by atoms with E-state index in [1.807, 2.05) is 30.3 Å². The van der Waals surface area contributed by atoms with Crippen LogP contribution in [0.15, 0.2) is 48.5 Å². The van der Waals surface area contributed by atoms with Gasteiger partial charge in [0.2, 0.25) is 5.91 Å². The van der Waals surface area contributed by atoms with Crippen molar-refractivity contribution in [3.8, 4) is 0 Å². The highest BCUT2D eigenvalue weighted by Gasteiger charge is 2.18. The van der Waals surface area contributed by atoms with Crippen LogP contribution in [0.2, 0.25) is 0 Å². The molecular weight excluding hydrogens is 319 g/mol. The van der Waals surface area contributed by atoms with E-state index in [0.29, 0.717) is 18.0 Å². The summed E-state index contributed by atoms with van der Waals surface area (Å²) in [6, 6.07) is 13.9. The molecule has 4 nitrogen and oxygen atoms in total. The van der Waals surface area contributed by atoms with Crippen molar-refractivity contribution in [1.82, 2.24) is 5.32 Å². The molecule has 25 heavy (non-hydrogen) atoms. The summed E-state index contributed by atoms with van der Waals surface area (Å²) in [7, 11) is 0. The van der Waals surface area contributed by atoms with Crippen LogP contribution < -0.4 is 10.6 Å². The number of carbonyl (C=O) groups is 2. The second-order valence-electron chi connectivity index (χ2n) is 6.35. The van der Waals surface area contributed by atoms with E-state index in [1.54, 1.807) is 0 Å². The Balaban J connectivity index is 2.09. The summed E-state index contributed by atoms with van der Waals surface area (Å²) in [5, 5.41) is 5.29. The van der Waals surface area contributed by atoms with Crippen LogP contribution in [0, 0.1) is 11.7 Å². The molecule has 2 amide bonds. The maximum Gasteiger partial charge on any atom is 0.251 e. The van der Waals surface area contributed by atoms with E-state index in [0.717, 1.165) is 5.56 Å². The molecule has 0 fully saturated rings. The Labute approximate surface area is 147 Å². The van der Waals surface area contributed by atoms with Crippen LogP contribution in [-0.2, 0) is 4.79 Å². The Hall–Kier alpha value is -2.69. The van der Waals surface area contributed by atoms with Crippen LogP contribution in [0.1, 0.15) is 42.6 Å². The third-order valence-electron chi connectivity index (χ3n) is 4.05. The van der Waals surface area contributed by atoms with Crippen molar-refractivity contribution < 1.29 is 14.0 Å². The molecule has 2 rings (SSSR count). The van der Waals surface area contributed by atoms with Crippen LogP contribution in [0.25, 0.3) is 0 Å². The molecule has 2 aromatic rings. The van der Waals surface area contributed by atoms with Gasteiger partial charge >= 0.3 is 0 Å². The molecule has 2 aromatic carbocycles. The molecule has 5 heteroatoms. The lowest BCUT2D eigenvalue weighted by molar-refractivity contribution is -0.114. The monoisotopic (exact) mass is 342 g/mol. The van der Waals surface area contributed by atoms with Crippen LogP contribution in [-0.4, -0.2) is 18.4 Å². The number of rotatable bonds is 6. The van der Waals surface area contributed by atoms with Crippen molar-refractivity contribution in [2.24, 2.45) is 5.92 Å². The zero-order valence-electron chi connectivity index (χ0n) is 14.7. The normalized spacial score (nSPS) is 11.9. The van der Waals surface area contributed by atoms with E-state index in [4.69, 9.17) is 0 Å². The molecular formula is C20H23FN2O2. The van der Waals surface area contributed by atoms with Gasteiger partial charge in [0, 0.05) is 24.9 Å². The highest BCUT2D eigenvalue weighted by Crippen LogP contribution is 2.23. The van der Waals surface area contributed by atoms with E-state index in [2.05, 4.69) is 24.5 Å². The number of amides is 2. The van der Waals surface area contributed by atoms with Gasteiger partial charge in [0.05, 0.1) is 5.69 Å². The number of hydrogen-bond acceptors (Lipinski definition) is 2. The van der Waals surface area contributed by atoms with Gasteiger partial charge in [0.1, 0.15) is 5.82 Å². The summed E-state index contributed by atoms with van der Waals surface area (Å²) in [5.41, 5.74) is 1.47. The van der Waals surface area contributed by atoms with Gasteiger partial charge in [-0.25, -0.2) is 4.39 Å². The van der Waals surface area contributed by atoms with Crippen molar-refractivity contribution in [2.75, 3.05) is 11.9 Å². The van der Waals surface area contributed by atoms with Gasteiger partial charge in [-0.15, -0.1) is 0 Å².